The minimum Gasteiger partial charge on any atom is -0.462 e. The molecule has 3 aromatic rings. The van der Waals surface area contributed by atoms with E-state index >= 15 is 0 Å². The number of furan rings is 1. The summed E-state index contributed by atoms with van der Waals surface area (Å²) in [5, 5.41) is 0.943. The summed E-state index contributed by atoms with van der Waals surface area (Å²) in [4.78, 5) is 27.6. The van der Waals surface area contributed by atoms with Crippen molar-refractivity contribution in [1.82, 2.24) is 9.21 Å². The van der Waals surface area contributed by atoms with Gasteiger partial charge in [-0.1, -0.05) is 35.3 Å². The van der Waals surface area contributed by atoms with Crippen molar-refractivity contribution in [3.8, 4) is 0 Å². The van der Waals surface area contributed by atoms with Crippen LogP contribution in [0.5, 0.6) is 0 Å². The third-order valence-electron chi connectivity index (χ3n) is 6.53. The number of allylic oxidation sites excluding steroid dienone is 1. The number of ether oxygens (including phenoxy) is 2. The fourth-order valence-corrected chi connectivity index (χ4v) is 6.08. The molecule has 0 unspecified atom stereocenters. The topological polar surface area (TPSA) is 106 Å². The second-order valence-corrected chi connectivity index (χ2v) is 12.2. The van der Waals surface area contributed by atoms with Gasteiger partial charge in [-0.2, -0.15) is 4.31 Å². The van der Waals surface area contributed by atoms with Gasteiger partial charge in [-0.05, 0) is 74.0 Å². The molecule has 0 fully saturated rings. The molecule has 1 aliphatic heterocycles. The van der Waals surface area contributed by atoms with E-state index in [1.807, 2.05) is 0 Å². The molecular formula is C30H30Cl2N2O7S. The first-order chi connectivity index (χ1) is 20.0. The number of sulfonamides is 1. The van der Waals surface area contributed by atoms with E-state index in [-0.39, 0.29) is 60.6 Å². The van der Waals surface area contributed by atoms with Crippen LogP contribution in [-0.2, 0) is 42.2 Å². The van der Waals surface area contributed by atoms with Crippen LogP contribution in [0, 0.1) is 0 Å². The summed E-state index contributed by atoms with van der Waals surface area (Å²) in [5.74, 6) is -0.412. The first kappa shape index (κ1) is 31.5. The second kappa shape index (κ2) is 13.7. The average molecular weight is 634 g/mol. The predicted molar refractivity (Wildman–Crippen MR) is 159 cm³/mol. The van der Waals surface area contributed by atoms with Crippen molar-refractivity contribution in [3.63, 3.8) is 0 Å². The molecule has 1 amide bonds. The molecule has 4 rings (SSSR count). The van der Waals surface area contributed by atoms with Gasteiger partial charge in [0.1, 0.15) is 11.5 Å². The summed E-state index contributed by atoms with van der Waals surface area (Å²) < 4.78 is 44.9. The van der Waals surface area contributed by atoms with Crippen LogP contribution < -0.4 is 0 Å². The lowest BCUT2D eigenvalue weighted by Gasteiger charge is -2.21. The van der Waals surface area contributed by atoms with Crippen LogP contribution in [0.25, 0.3) is 6.08 Å². The molecule has 1 aliphatic rings. The molecule has 0 atom stereocenters. The Hall–Kier alpha value is -3.41. The SMILES string of the molecule is CCOC(=O)C1=C(C)N(CCOC)C(=O)/C1=C/c1ccc(CN(Cc2ccc(Cl)cc2)S(=O)(=O)c2ccc(Cl)cc2)o1. The molecule has 0 N–H and O–H groups in total. The van der Waals surface area contributed by atoms with E-state index in [2.05, 4.69) is 0 Å². The molecule has 42 heavy (non-hydrogen) atoms. The summed E-state index contributed by atoms with van der Waals surface area (Å²) in [6, 6.07) is 16.0. The molecule has 0 saturated heterocycles. The zero-order valence-electron chi connectivity index (χ0n) is 23.3. The van der Waals surface area contributed by atoms with Crippen molar-refractivity contribution in [3.05, 3.63) is 105 Å². The highest BCUT2D eigenvalue weighted by Crippen LogP contribution is 2.32. The van der Waals surface area contributed by atoms with Gasteiger partial charge in [-0.15, -0.1) is 0 Å². The second-order valence-electron chi connectivity index (χ2n) is 9.35. The maximum atomic E-state index is 13.7. The standard InChI is InChI=1S/C30H30Cl2N2O7S/c1-4-40-30(36)28-20(2)34(15-16-39-3)29(35)27(28)17-24-11-12-25(41-24)19-33(18-21-5-7-22(31)8-6-21)42(37,38)26-13-9-23(32)10-14-26/h5-14,17H,4,15-16,18-19H2,1-3H3/b27-17+. The largest absolute Gasteiger partial charge is 0.462 e. The highest BCUT2D eigenvalue weighted by atomic mass is 35.5. The third kappa shape index (κ3) is 7.14. The Labute approximate surface area is 255 Å². The Kier molecular flexibility index (Phi) is 10.3. The summed E-state index contributed by atoms with van der Waals surface area (Å²) in [5.41, 5.74) is 1.44. The van der Waals surface area contributed by atoms with E-state index in [9.17, 15) is 18.0 Å². The number of amides is 1. The molecule has 2 aromatic carbocycles. The van der Waals surface area contributed by atoms with E-state index in [1.165, 1.54) is 46.7 Å². The summed E-state index contributed by atoms with van der Waals surface area (Å²) in [7, 11) is -2.45. The van der Waals surface area contributed by atoms with Gasteiger partial charge in [-0.25, -0.2) is 13.2 Å². The van der Waals surface area contributed by atoms with Crippen molar-refractivity contribution >= 4 is 51.2 Å². The third-order valence-corrected chi connectivity index (χ3v) is 8.84. The number of methoxy groups -OCH3 is 1. The van der Waals surface area contributed by atoms with Gasteiger partial charge in [0.15, 0.2) is 0 Å². The van der Waals surface area contributed by atoms with Crippen LogP contribution in [0.15, 0.2) is 86.8 Å². The maximum Gasteiger partial charge on any atom is 0.340 e. The molecule has 9 nitrogen and oxygen atoms in total. The molecule has 0 saturated carbocycles. The van der Waals surface area contributed by atoms with E-state index in [0.29, 0.717) is 21.5 Å². The number of benzene rings is 2. The van der Waals surface area contributed by atoms with Crippen molar-refractivity contribution in [2.75, 3.05) is 26.9 Å². The molecular weight excluding hydrogens is 603 g/mol. The molecule has 0 bridgehead atoms. The van der Waals surface area contributed by atoms with Gasteiger partial charge in [0, 0.05) is 35.9 Å². The molecule has 2 heterocycles. The zero-order chi connectivity index (χ0) is 30.4. The van der Waals surface area contributed by atoms with E-state index < -0.39 is 16.0 Å². The van der Waals surface area contributed by atoms with Crippen LogP contribution in [0.3, 0.4) is 0 Å². The van der Waals surface area contributed by atoms with Gasteiger partial charge in [0.05, 0.1) is 35.8 Å². The van der Waals surface area contributed by atoms with Crippen LogP contribution in [-0.4, -0.2) is 56.4 Å². The number of nitrogens with zero attached hydrogens (tertiary/aromatic N) is 2. The number of esters is 1. The Bertz CT molecular complexity index is 1610. The van der Waals surface area contributed by atoms with Crippen molar-refractivity contribution < 1.29 is 31.9 Å². The highest BCUT2D eigenvalue weighted by molar-refractivity contribution is 7.89. The highest BCUT2D eigenvalue weighted by Gasteiger charge is 2.37. The monoisotopic (exact) mass is 632 g/mol. The van der Waals surface area contributed by atoms with Crippen LogP contribution in [0.4, 0.5) is 0 Å². The van der Waals surface area contributed by atoms with Crippen LogP contribution in [0.1, 0.15) is 30.9 Å². The van der Waals surface area contributed by atoms with Crippen molar-refractivity contribution in [2.45, 2.75) is 31.8 Å². The maximum absolute atomic E-state index is 13.7. The van der Waals surface area contributed by atoms with E-state index in [4.69, 9.17) is 37.1 Å². The molecule has 12 heteroatoms. The predicted octanol–water partition coefficient (Wildman–Crippen LogP) is 5.69. The minimum atomic E-state index is -3.97. The Morgan fingerprint density at radius 1 is 1.00 bits per heavy atom. The summed E-state index contributed by atoms with van der Waals surface area (Å²) in [6.07, 6.45) is 1.46. The summed E-state index contributed by atoms with van der Waals surface area (Å²) >= 11 is 12.0. The Morgan fingerprint density at radius 2 is 1.64 bits per heavy atom. The molecule has 0 aliphatic carbocycles. The van der Waals surface area contributed by atoms with Gasteiger partial charge in [0.2, 0.25) is 10.0 Å². The van der Waals surface area contributed by atoms with E-state index in [1.54, 1.807) is 50.2 Å². The number of rotatable bonds is 12. The average Bonchev–Trinajstić information content (AvgIpc) is 3.49. The normalized spacial score (nSPS) is 14.9. The number of hydrogen-bond acceptors (Lipinski definition) is 7. The van der Waals surface area contributed by atoms with Gasteiger partial charge >= 0.3 is 5.97 Å². The number of carbonyl (C=O) groups is 2. The lowest BCUT2D eigenvalue weighted by Crippen LogP contribution is -2.30. The van der Waals surface area contributed by atoms with Crippen molar-refractivity contribution in [2.24, 2.45) is 0 Å². The lowest BCUT2D eigenvalue weighted by atomic mass is 10.1. The molecule has 1 aromatic heterocycles. The zero-order valence-corrected chi connectivity index (χ0v) is 25.6. The fourth-order valence-electron chi connectivity index (χ4n) is 4.43. The van der Waals surface area contributed by atoms with Crippen LogP contribution >= 0.6 is 23.2 Å². The number of carbonyl (C=O) groups excluding carboxylic acids is 2. The summed E-state index contributed by atoms with van der Waals surface area (Å²) in [6.45, 7) is 3.97. The molecule has 0 radical (unpaired) electrons. The minimum absolute atomic E-state index is 0.0428. The Balaban J connectivity index is 1.66. The first-order valence-corrected chi connectivity index (χ1v) is 15.2. The Morgan fingerprint density at radius 3 is 2.26 bits per heavy atom. The smallest absolute Gasteiger partial charge is 0.340 e. The van der Waals surface area contributed by atoms with Crippen molar-refractivity contribution in [1.29, 1.82) is 0 Å². The molecule has 222 valence electrons. The molecule has 0 spiro atoms. The van der Waals surface area contributed by atoms with Gasteiger partial charge < -0.3 is 18.8 Å². The lowest BCUT2D eigenvalue weighted by molar-refractivity contribution is -0.138. The number of halogens is 2. The fraction of sp³-hybridized carbons (Fsp3) is 0.267. The quantitative estimate of drug-likeness (QED) is 0.187. The van der Waals surface area contributed by atoms with Crippen LogP contribution in [0.2, 0.25) is 10.0 Å². The number of hydrogen-bond donors (Lipinski definition) is 0. The van der Waals surface area contributed by atoms with E-state index in [0.717, 1.165) is 5.56 Å². The first-order valence-electron chi connectivity index (χ1n) is 13.0. The van der Waals surface area contributed by atoms with Gasteiger partial charge in [-0.3, -0.25) is 4.79 Å². The van der Waals surface area contributed by atoms with Gasteiger partial charge in [0.25, 0.3) is 5.91 Å².